The van der Waals surface area contributed by atoms with Gasteiger partial charge in [0.05, 0.1) is 11.2 Å². The normalized spacial score (nSPS) is 18.2. The van der Waals surface area contributed by atoms with Crippen molar-refractivity contribution in [2.75, 3.05) is 12.8 Å². The molecule has 1 aromatic heterocycles. The molecule has 8 nitrogen and oxygen atoms in total. The Kier molecular flexibility index (Phi) is 6.33. The van der Waals surface area contributed by atoms with Gasteiger partial charge < -0.3 is 9.47 Å². The Hall–Kier alpha value is -3.98. The van der Waals surface area contributed by atoms with E-state index in [1.165, 1.54) is 17.0 Å². The Morgan fingerprint density at radius 2 is 1.65 bits per heavy atom. The van der Waals surface area contributed by atoms with Gasteiger partial charge in [-0.1, -0.05) is 54.6 Å². The van der Waals surface area contributed by atoms with Crippen molar-refractivity contribution < 1.29 is 18.0 Å². The third-order valence-electron chi connectivity index (χ3n) is 7.03. The first-order chi connectivity index (χ1) is 17.7. The van der Waals surface area contributed by atoms with E-state index in [-0.39, 0.29) is 29.9 Å². The first-order valence-electron chi connectivity index (χ1n) is 12.1. The lowest BCUT2D eigenvalue weighted by atomic mass is 9.86. The van der Waals surface area contributed by atoms with Crippen LogP contribution in [-0.4, -0.2) is 52.5 Å². The molecular weight excluding hydrogens is 488 g/mol. The topological polar surface area (TPSA) is 92.6 Å². The summed E-state index contributed by atoms with van der Waals surface area (Å²) < 4.78 is 25.7. The van der Waals surface area contributed by atoms with Gasteiger partial charge in [-0.3, -0.25) is 9.69 Å². The second-order valence-electron chi connectivity index (χ2n) is 9.49. The summed E-state index contributed by atoms with van der Waals surface area (Å²) in [5.41, 5.74) is 0.261. The summed E-state index contributed by atoms with van der Waals surface area (Å²) in [6, 6.07) is 19.7. The van der Waals surface area contributed by atoms with Gasteiger partial charge in [0.25, 0.3) is 5.91 Å². The third-order valence-corrected chi connectivity index (χ3v) is 8.16. The summed E-state index contributed by atoms with van der Waals surface area (Å²) in [6.07, 6.45) is 7.00. The van der Waals surface area contributed by atoms with Crippen molar-refractivity contribution >= 4 is 32.5 Å². The Bertz CT molecular complexity index is 1560. The number of nitrogens with zero attached hydrogens (tertiary/aromatic N) is 4. The van der Waals surface area contributed by atoms with Crippen molar-refractivity contribution in [1.29, 1.82) is 0 Å². The molecule has 1 saturated heterocycles. The minimum atomic E-state index is -3.34. The largest absolute Gasteiger partial charge is 0.337 e. The fourth-order valence-corrected chi connectivity index (χ4v) is 5.62. The maximum Gasteiger partial charge on any atom is 0.328 e. The standard InChI is InChI=1S/C28H28N4O4S/c1-28(25-10-5-8-22-7-3-4-9-24(22)25)26(33)31(17-6-16-30-18-15-29-20-30)27(34)32(28)19-21-11-13-23(14-12-21)37(2,35)36/h3-5,7-15,18,20H,6,16-17,19H2,1-2H3. The maximum atomic E-state index is 14.0. The summed E-state index contributed by atoms with van der Waals surface area (Å²) in [5.74, 6) is -0.271. The van der Waals surface area contributed by atoms with E-state index in [0.717, 1.165) is 28.2 Å². The van der Waals surface area contributed by atoms with Crippen LogP contribution in [0.1, 0.15) is 24.5 Å². The number of aryl methyl sites for hydroxylation is 1. The Morgan fingerprint density at radius 3 is 2.35 bits per heavy atom. The second kappa shape index (κ2) is 9.48. The Morgan fingerprint density at radius 1 is 0.919 bits per heavy atom. The van der Waals surface area contributed by atoms with Crippen molar-refractivity contribution in [2.24, 2.45) is 0 Å². The lowest BCUT2D eigenvalue weighted by Crippen LogP contribution is -2.44. The lowest BCUT2D eigenvalue weighted by molar-refractivity contribution is -0.133. The van der Waals surface area contributed by atoms with E-state index >= 15 is 0 Å². The molecule has 0 aliphatic carbocycles. The van der Waals surface area contributed by atoms with Crippen LogP contribution in [-0.2, 0) is 33.3 Å². The molecule has 190 valence electrons. The summed E-state index contributed by atoms with van der Waals surface area (Å²) in [7, 11) is -3.34. The average molecular weight is 517 g/mol. The molecule has 9 heteroatoms. The average Bonchev–Trinajstić information content (AvgIpc) is 3.47. The molecule has 4 aromatic rings. The SMILES string of the molecule is CC1(c2cccc3ccccc23)C(=O)N(CCCn2ccnc2)C(=O)N1Cc1ccc(S(C)(=O)=O)cc1. The summed E-state index contributed by atoms with van der Waals surface area (Å²) >= 11 is 0. The van der Waals surface area contributed by atoms with Gasteiger partial charge in [-0.15, -0.1) is 0 Å². The highest BCUT2D eigenvalue weighted by Gasteiger charge is 2.55. The third kappa shape index (κ3) is 4.51. The van der Waals surface area contributed by atoms with Gasteiger partial charge in [-0.2, -0.15) is 0 Å². The fraction of sp³-hybridized carbons (Fsp3) is 0.250. The molecule has 3 amide bonds. The van der Waals surface area contributed by atoms with Crippen molar-refractivity contribution in [3.05, 3.63) is 96.6 Å². The fourth-order valence-electron chi connectivity index (χ4n) is 4.99. The van der Waals surface area contributed by atoms with Crippen LogP contribution in [0.4, 0.5) is 4.79 Å². The minimum Gasteiger partial charge on any atom is -0.337 e. The summed E-state index contributed by atoms with van der Waals surface area (Å²) in [4.78, 5) is 35.0. The quantitative estimate of drug-likeness (QED) is 0.327. The molecule has 0 spiro atoms. The molecule has 2 heterocycles. The molecule has 5 rings (SSSR count). The zero-order valence-corrected chi connectivity index (χ0v) is 21.6. The van der Waals surface area contributed by atoms with Crippen molar-refractivity contribution in [3.8, 4) is 0 Å². The zero-order valence-electron chi connectivity index (χ0n) is 20.7. The van der Waals surface area contributed by atoms with Crippen LogP contribution in [0.2, 0.25) is 0 Å². The van der Waals surface area contributed by atoms with E-state index in [4.69, 9.17) is 0 Å². The number of imidazole rings is 1. The molecule has 37 heavy (non-hydrogen) atoms. The van der Waals surface area contributed by atoms with Crippen LogP contribution >= 0.6 is 0 Å². The molecular formula is C28H28N4O4S. The van der Waals surface area contributed by atoms with E-state index in [0.29, 0.717) is 13.0 Å². The number of carbonyl (C=O) groups is 2. The van der Waals surface area contributed by atoms with Crippen LogP contribution in [0.25, 0.3) is 10.8 Å². The number of sulfone groups is 1. The second-order valence-corrected chi connectivity index (χ2v) is 11.5. The number of carbonyl (C=O) groups excluding carboxylic acids is 2. The molecule has 0 radical (unpaired) electrons. The number of urea groups is 1. The van der Waals surface area contributed by atoms with Crippen LogP contribution < -0.4 is 0 Å². The number of imide groups is 1. The van der Waals surface area contributed by atoms with E-state index in [1.807, 2.05) is 53.2 Å². The number of benzene rings is 3. The minimum absolute atomic E-state index is 0.159. The van der Waals surface area contributed by atoms with E-state index < -0.39 is 15.4 Å². The van der Waals surface area contributed by atoms with Crippen molar-refractivity contribution in [3.63, 3.8) is 0 Å². The van der Waals surface area contributed by atoms with E-state index in [9.17, 15) is 18.0 Å². The van der Waals surface area contributed by atoms with Gasteiger partial charge in [-0.05, 0) is 47.4 Å². The van der Waals surface area contributed by atoms with Gasteiger partial charge in [0.1, 0.15) is 5.54 Å². The van der Waals surface area contributed by atoms with Gasteiger partial charge in [0, 0.05) is 38.3 Å². The highest BCUT2D eigenvalue weighted by atomic mass is 32.2. The predicted molar refractivity (Wildman–Crippen MR) is 140 cm³/mol. The molecule has 0 bridgehead atoms. The maximum absolute atomic E-state index is 14.0. The van der Waals surface area contributed by atoms with Crippen molar-refractivity contribution in [1.82, 2.24) is 19.4 Å². The molecule has 0 saturated carbocycles. The van der Waals surface area contributed by atoms with Crippen LogP contribution in [0, 0.1) is 0 Å². The molecule has 1 unspecified atom stereocenters. The highest BCUT2D eigenvalue weighted by molar-refractivity contribution is 7.90. The van der Waals surface area contributed by atoms with Crippen LogP contribution in [0.3, 0.4) is 0 Å². The number of hydrogen-bond acceptors (Lipinski definition) is 5. The smallest absolute Gasteiger partial charge is 0.328 e. The van der Waals surface area contributed by atoms with Gasteiger partial charge in [0.15, 0.2) is 9.84 Å². The first kappa shape index (κ1) is 24.7. The number of amides is 3. The monoisotopic (exact) mass is 516 g/mol. The molecule has 1 aliphatic heterocycles. The van der Waals surface area contributed by atoms with Crippen LogP contribution in [0.5, 0.6) is 0 Å². The summed E-state index contributed by atoms with van der Waals surface area (Å²) in [5, 5.41) is 1.89. The van der Waals surface area contributed by atoms with E-state index in [2.05, 4.69) is 4.98 Å². The Labute approximate surface area is 216 Å². The lowest BCUT2D eigenvalue weighted by Gasteiger charge is -2.33. The number of rotatable bonds is 8. The number of fused-ring (bicyclic) bond motifs is 1. The molecule has 1 atom stereocenters. The summed E-state index contributed by atoms with van der Waals surface area (Å²) in [6.45, 7) is 2.87. The van der Waals surface area contributed by atoms with Gasteiger partial charge in [-0.25, -0.2) is 18.2 Å². The van der Waals surface area contributed by atoms with Gasteiger partial charge in [0.2, 0.25) is 0 Å². The molecule has 0 N–H and O–H groups in total. The first-order valence-corrected chi connectivity index (χ1v) is 14.0. The van der Waals surface area contributed by atoms with E-state index in [1.54, 1.807) is 36.5 Å². The van der Waals surface area contributed by atoms with Gasteiger partial charge >= 0.3 is 6.03 Å². The van der Waals surface area contributed by atoms with Crippen LogP contribution in [0.15, 0.2) is 90.3 Å². The van der Waals surface area contributed by atoms with Crippen molar-refractivity contribution in [2.45, 2.75) is 36.9 Å². The molecule has 1 fully saturated rings. The number of aromatic nitrogens is 2. The molecule has 1 aliphatic rings. The zero-order chi connectivity index (χ0) is 26.2. The highest BCUT2D eigenvalue weighted by Crippen LogP contribution is 2.41. The molecule has 3 aromatic carbocycles. The predicted octanol–water partition coefficient (Wildman–Crippen LogP) is 4.21. The Balaban J connectivity index is 1.52. The number of hydrogen-bond donors (Lipinski definition) is 0.